The molecule has 1 aliphatic rings. The molecule has 4 aromatic carbocycles. The van der Waals surface area contributed by atoms with E-state index in [1.165, 1.54) is 38.6 Å². The summed E-state index contributed by atoms with van der Waals surface area (Å²) in [6.07, 6.45) is -4.78. The molecule has 202 valence electrons. The zero-order valence-electron chi connectivity index (χ0n) is 20.9. The van der Waals surface area contributed by atoms with Crippen LogP contribution < -0.4 is 16.2 Å². The molecule has 39 heavy (non-hydrogen) atoms. The Balaban J connectivity index is 0.000000448. The van der Waals surface area contributed by atoms with Gasteiger partial charge in [-0.15, -0.1) is 0 Å². The number of alkyl halides is 3. The van der Waals surface area contributed by atoms with Gasteiger partial charge in [0, 0.05) is 12.3 Å². The van der Waals surface area contributed by atoms with E-state index in [4.69, 9.17) is 14.6 Å². The molecular weight excluding hydrogens is 509 g/mol. The van der Waals surface area contributed by atoms with Gasteiger partial charge in [0.1, 0.15) is 18.6 Å². The minimum atomic E-state index is -5.19. The zero-order valence-corrected chi connectivity index (χ0v) is 20.9. The van der Waals surface area contributed by atoms with E-state index in [1.807, 2.05) is 24.3 Å². The van der Waals surface area contributed by atoms with E-state index in [-0.39, 0.29) is 18.1 Å². The van der Waals surface area contributed by atoms with Crippen molar-refractivity contribution in [3.05, 3.63) is 108 Å². The predicted octanol–water partition coefficient (Wildman–Crippen LogP) is 3.83. The average Bonchev–Trinajstić information content (AvgIpc) is 3.24. The van der Waals surface area contributed by atoms with E-state index in [0.717, 1.165) is 6.42 Å². The Labute approximate surface area is 223 Å². The molecule has 1 amide bonds. The molecule has 5 rings (SSSR count). The van der Waals surface area contributed by atoms with Crippen LogP contribution in [0.25, 0.3) is 21.9 Å². The van der Waals surface area contributed by atoms with Gasteiger partial charge in [-0.2, -0.15) is 13.2 Å². The number of ether oxygens (including phenoxy) is 1. The largest absolute Gasteiger partial charge is 0.542 e. The summed E-state index contributed by atoms with van der Waals surface area (Å²) >= 11 is 0. The Morgan fingerprint density at radius 2 is 1.41 bits per heavy atom. The fraction of sp³-hybridized carbons (Fsp3) is 0.200. The average molecular weight is 537 g/mol. The normalized spacial score (nSPS) is 13.0. The maximum absolute atomic E-state index is 12.4. The molecule has 0 saturated carbocycles. The van der Waals surface area contributed by atoms with Crippen molar-refractivity contribution >= 4 is 22.8 Å². The second kappa shape index (κ2) is 12.0. The topological polar surface area (TPSA) is 106 Å². The van der Waals surface area contributed by atoms with Crippen molar-refractivity contribution in [3.8, 4) is 11.1 Å². The summed E-state index contributed by atoms with van der Waals surface area (Å²) in [5.41, 5.74) is 10.3. The van der Waals surface area contributed by atoms with Crippen LogP contribution in [0.4, 0.5) is 18.0 Å². The molecule has 4 N–H and O–H groups in total. The molecule has 0 aromatic heterocycles. The Bertz CT molecular complexity index is 1430. The third-order valence-corrected chi connectivity index (χ3v) is 6.45. The quantitative estimate of drug-likeness (QED) is 0.391. The summed E-state index contributed by atoms with van der Waals surface area (Å²) in [7, 11) is 0. The number of halogens is 3. The zero-order chi connectivity index (χ0) is 28.0. The highest BCUT2D eigenvalue weighted by atomic mass is 19.4. The third-order valence-electron chi connectivity index (χ3n) is 6.45. The van der Waals surface area contributed by atoms with Gasteiger partial charge in [0.2, 0.25) is 0 Å². The minimum absolute atomic E-state index is 0.0663. The first-order valence-electron chi connectivity index (χ1n) is 12.3. The molecule has 0 spiro atoms. The second-order valence-electron chi connectivity index (χ2n) is 9.24. The number of amides is 1. The monoisotopic (exact) mass is 536 g/mol. The number of carbonyl (C=O) groups is 2. The number of carboxylic acids is 1. The molecule has 1 aliphatic carbocycles. The Hall–Kier alpha value is -4.37. The van der Waals surface area contributed by atoms with Gasteiger partial charge in [-0.05, 0) is 38.6 Å². The van der Waals surface area contributed by atoms with Crippen LogP contribution in [0.5, 0.6) is 0 Å². The van der Waals surface area contributed by atoms with Crippen LogP contribution in [0.3, 0.4) is 0 Å². The highest BCUT2D eigenvalue weighted by Crippen LogP contribution is 2.44. The van der Waals surface area contributed by atoms with Crippen molar-refractivity contribution in [1.82, 2.24) is 5.32 Å². The van der Waals surface area contributed by atoms with Crippen molar-refractivity contribution in [2.75, 3.05) is 13.2 Å². The Morgan fingerprint density at radius 3 is 2.00 bits per heavy atom. The van der Waals surface area contributed by atoms with E-state index in [2.05, 4.69) is 77.8 Å². The van der Waals surface area contributed by atoms with Gasteiger partial charge in [-0.25, -0.2) is 4.79 Å². The number of quaternary nitrogens is 1. The molecule has 1 atom stereocenters. The number of alkyl carbamates (subject to hydrolysis) is 1. The van der Waals surface area contributed by atoms with Gasteiger partial charge in [0.15, 0.2) is 0 Å². The van der Waals surface area contributed by atoms with Crippen molar-refractivity contribution in [1.29, 1.82) is 0 Å². The SMILES string of the molecule is O=C([O-])C(F)(F)F.[NH3+][C@@H](CNC(=O)OCC1c2ccccc2-c2ccccc21)Cc1ccc2ccccc2c1. The molecule has 0 radical (unpaired) electrons. The van der Waals surface area contributed by atoms with Crippen molar-refractivity contribution in [2.45, 2.75) is 24.6 Å². The number of rotatable bonds is 6. The van der Waals surface area contributed by atoms with Crippen molar-refractivity contribution in [3.63, 3.8) is 0 Å². The highest BCUT2D eigenvalue weighted by Gasteiger charge is 2.29. The summed E-state index contributed by atoms with van der Waals surface area (Å²) in [5, 5.41) is 14.1. The first-order valence-corrected chi connectivity index (χ1v) is 12.3. The van der Waals surface area contributed by atoms with Crippen molar-refractivity contribution < 1.29 is 38.3 Å². The molecule has 6 nitrogen and oxygen atoms in total. The van der Waals surface area contributed by atoms with Gasteiger partial charge in [0.25, 0.3) is 0 Å². The summed E-state index contributed by atoms with van der Waals surface area (Å²) < 4.78 is 37.2. The van der Waals surface area contributed by atoms with Gasteiger partial charge >= 0.3 is 12.3 Å². The maximum Gasteiger partial charge on any atom is 0.430 e. The first-order chi connectivity index (χ1) is 18.6. The number of hydrogen-bond acceptors (Lipinski definition) is 4. The van der Waals surface area contributed by atoms with Gasteiger partial charge in [-0.3, -0.25) is 0 Å². The number of hydrogen-bond donors (Lipinski definition) is 2. The van der Waals surface area contributed by atoms with Crippen LogP contribution >= 0.6 is 0 Å². The van der Waals surface area contributed by atoms with Crippen LogP contribution in [-0.2, 0) is 16.0 Å². The molecule has 0 aliphatic heterocycles. The molecule has 4 aromatic rings. The number of carbonyl (C=O) groups excluding carboxylic acids is 2. The van der Waals surface area contributed by atoms with Crippen LogP contribution in [0.15, 0.2) is 91.0 Å². The summed E-state index contributed by atoms with van der Waals surface area (Å²) in [4.78, 5) is 21.2. The third kappa shape index (κ3) is 6.94. The molecule has 0 heterocycles. The highest BCUT2D eigenvalue weighted by molar-refractivity contribution is 5.83. The van der Waals surface area contributed by atoms with Crippen LogP contribution in [0.1, 0.15) is 22.6 Å². The van der Waals surface area contributed by atoms with E-state index < -0.39 is 12.1 Å². The number of nitrogens with one attached hydrogen (secondary N) is 1. The number of aliphatic carboxylic acids is 1. The lowest BCUT2D eigenvalue weighted by atomic mass is 9.98. The second-order valence-corrected chi connectivity index (χ2v) is 9.24. The van der Waals surface area contributed by atoms with Crippen LogP contribution in [-0.4, -0.2) is 37.4 Å². The van der Waals surface area contributed by atoms with Gasteiger partial charge in [-0.1, -0.05) is 91.0 Å². The van der Waals surface area contributed by atoms with Crippen LogP contribution in [0, 0.1) is 0 Å². The first kappa shape index (κ1) is 27.7. The van der Waals surface area contributed by atoms with Gasteiger partial charge in [0.05, 0.1) is 6.54 Å². The van der Waals surface area contributed by atoms with E-state index in [1.54, 1.807) is 0 Å². The molecule has 0 unspecified atom stereocenters. The molecule has 9 heteroatoms. The molecule has 0 saturated heterocycles. The predicted molar refractivity (Wildman–Crippen MR) is 138 cm³/mol. The van der Waals surface area contributed by atoms with E-state index >= 15 is 0 Å². The number of carboxylic acid groups (broad SMARTS) is 1. The van der Waals surface area contributed by atoms with Crippen molar-refractivity contribution in [2.24, 2.45) is 0 Å². The van der Waals surface area contributed by atoms with Crippen LogP contribution in [0.2, 0.25) is 0 Å². The maximum atomic E-state index is 12.4. The smallest absolute Gasteiger partial charge is 0.430 e. The number of benzene rings is 4. The minimum Gasteiger partial charge on any atom is -0.542 e. The Kier molecular flexibility index (Phi) is 8.51. The summed E-state index contributed by atoms with van der Waals surface area (Å²) in [5.74, 6) is -2.94. The summed E-state index contributed by atoms with van der Waals surface area (Å²) in [6, 6.07) is 31.5. The standard InChI is InChI=1S/C28H26N2O2.C2HF3O2/c29-22(16-19-13-14-20-7-1-2-8-21(20)15-19)17-30-28(31)32-18-27-25-11-5-3-9-23(25)24-10-4-6-12-26(24)27;3-2(4,5)1(6)7/h1-15,22,27H,16-18,29H2,(H,30,31);(H,6,7)/t22-;/m1./s1. The summed E-state index contributed by atoms with van der Waals surface area (Å²) in [6.45, 7) is 0.801. The molecular formula is C30H27F3N2O4. The fourth-order valence-corrected chi connectivity index (χ4v) is 4.65. The Morgan fingerprint density at radius 1 is 0.872 bits per heavy atom. The molecule has 0 fully saturated rings. The lowest BCUT2D eigenvalue weighted by molar-refractivity contribution is -0.416. The lowest BCUT2D eigenvalue weighted by Crippen LogP contribution is -2.66. The van der Waals surface area contributed by atoms with E-state index in [9.17, 15) is 18.0 Å². The lowest BCUT2D eigenvalue weighted by Gasteiger charge is -2.15. The fourth-order valence-electron chi connectivity index (χ4n) is 4.65. The number of fused-ring (bicyclic) bond motifs is 4. The van der Waals surface area contributed by atoms with Gasteiger partial charge < -0.3 is 25.7 Å². The van der Waals surface area contributed by atoms with E-state index in [0.29, 0.717) is 13.2 Å². The molecule has 0 bridgehead atoms.